The molecule has 126 valence electrons. The molecule has 1 unspecified atom stereocenters. The van der Waals surface area contributed by atoms with Gasteiger partial charge in [0.05, 0.1) is 6.26 Å². The second-order valence-corrected chi connectivity index (χ2v) is 7.15. The molecule has 0 aliphatic heterocycles. The summed E-state index contributed by atoms with van der Waals surface area (Å²) in [7, 11) is -3.10. The smallest absolute Gasteiger partial charge is 0.208 e. The van der Waals surface area contributed by atoms with Crippen molar-refractivity contribution in [3.8, 4) is 0 Å². The molecule has 0 amide bonds. The predicted molar refractivity (Wildman–Crippen MR) is 90.2 cm³/mol. The standard InChI is InChI=1S/C14H32N4O2S/c1-5-7-8-10-13(3)18-14(15-6-2)16-11-9-12-17-21(4,19)20/h13,17H,5-12H2,1-4H3,(H2,15,16,18). The molecule has 0 rings (SSSR count). The van der Waals surface area contributed by atoms with Crippen LogP contribution in [0.25, 0.3) is 0 Å². The predicted octanol–water partition coefficient (Wildman–Crippen LogP) is 1.45. The van der Waals surface area contributed by atoms with E-state index in [4.69, 9.17) is 0 Å². The quantitative estimate of drug-likeness (QED) is 0.306. The Morgan fingerprint density at radius 2 is 1.90 bits per heavy atom. The Bertz CT molecular complexity index is 382. The molecule has 0 spiro atoms. The second kappa shape index (κ2) is 11.8. The number of guanidine groups is 1. The summed E-state index contributed by atoms with van der Waals surface area (Å²) in [6.07, 6.45) is 6.70. The van der Waals surface area contributed by atoms with Gasteiger partial charge in [0, 0.05) is 25.7 Å². The van der Waals surface area contributed by atoms with Crippen molar-refractivity contribution in [2.24, 2.45) is 4.99 Å². The third kappa shape index (κ3) is 13.9. The molecule has 0 saturated carbocycles. The molecule has 0 radical (unpaired) electrons. The number of rotatable bonds is 11. The Labute approximate surface area is 130 Å². The number of hydrogen-bond acceptors (Lipinski definition) is 3. The van der Waals surface area contributed by atoms with E-state index in [2.05, 4.69) is 34.2 Å². The summed E-state index contributed by atoms with van der Waals surface area (Å²) in [6, 6.07) is 0.392. The molecule has 0 saturated heterocycles. The first-order valence-corrected chi connectivity index (χ1v) is 9.77. The van der Waals surface area contributed by atoms with Crippen LogP contribution in [0.5, 0.6) is 0 Å². The lowest BCUT2D eigenvalue weighted by Crippen LogP contribution is -2.42. The lowest BCUT2D eigenvalue weighted by atomic mass is 10.1. The minimum atomic E-state index is -3.10. The van der Waals surface area contributed by atoms with Gasteiger partial charge in [0.25, 0.3) is 0 Å². The third-order valence-electron chi connectivity index (χ3n) is 2.94. The van der Waals surface area contributed by atoms with Crippen molar-refractivity contribution < 1.29 is 8.42 Å². The maximum absolute atomic E-state index is 10.9. The van der Waals surface area contributed by atoms with E-state index in [0.717, 1.165) is 18.9 Å². The Hall–Kier alpha value is -0.820. The van der Waals surface area contributed by atoms with E-state index in [9.17, 15) is 8.42 Å². The van der Waals surface area contributed by atoms with Crippen molar-refractivity contribution in [1.29, 1.82) is 0 Å². The highest BCUT2D eigenvalue weighted by molar-refractivity contribution is 7.88. The molecule has 0 aromatic rings. The molecule has 0 heterocycles. The lowest BCUT2D eigenvalue weighted by molar-refractivity contribution is 0.546. The first-order chi connectivity index (χ1) is 9.89. The molecule has 0 aromatic carbocycles. The van der Waals surface area contributed by atoms with Gasteiger partial charge in [-0.2, -0.15) is 0 Å². The normalized spacial score (nSPS) is 14.0. The zero-order chi connectivity index (χ0) is 16.1. The zero-order valence-corrected chi connectivity index (χ0v) is 14.7. The summed E-state index contributed by atoms with van der Waals surface area (Å²) in [6.45, 7) is 8.23. The van der Waals surface area contributed by atoms with E-state index >= 15 is 0 Å². The van der Waals surface area contributed by atoms with Gasteiger partial charge in [0.2, 0.25) is 10.0 Å². The summed E-state index contributed by atoms with van der Waals surface area (Å²) in [5.41, 5.74) is 0. The summed E-state index contributed by atoms with van der Waals surface area (Å²) >= 11 is 0. The molecular formula is C14H32N4O2S. The van der Waals surface area contributed by atoms with Crippen molar-refractivity contribution in [3.05, 3.63) is 0 Å². The van der Waals surface area contributed by atoms with E-state index in [1.54, 1.807) is 0 Å². The average molecular weight is 321 g/mol. The van der Waals surface area contributed by atoms with Gasteiger partial charge in [-0.15, -0.1) is 0 Å². The van der Waals surface area contributed by atoms with Crippen LogP contribution in [0.1, 0.15) is 52.9 Å². The summed E-state index contributed by atoms with van der Waals surface area (Å²) in [4.78, 5) is 4.46. The van der Waals surface area contributed by atoms with Gasteiger partial charge in [0.1, 0.15) is 0 Å². The Balaban J connectivity index is 4.05. The fourth-order valence-corrected chi connectivity index (χ4v) is 2.37. The van der Waals surface area contributed by atoms with Crippen LogP contribution in [-0.2, 0) is 10.0 Å². The fourth-order valence-electron chi connectivity index (χ4n) is 1.85. The van der Waals surface area contributed by atoms with Crippen LogP contribution >= 0.6 is 0 Å². The molecule has 6 nitrogen and oxygen atoms in total. The van der Waals surface area contributed by atoms with E-state index in [1.807, 2.05) is 6.92 Å². The minimum Gasteiger partial charge on any atom is -0.357 e. The molecule has 21 heavy (non-hydrogen) atoms. The summed E-state index contributed by atoms with van der Waals surface area (Å²) in [5.74, 6) is 0.806. The van der Waals surface area contributed by atoms with Crippen LogP contribution in [0.4, 0.5) is 0 Å². The van der Waals surface area contributed by atoms with Gasteiger partial charge < -0.3 is 10.6 Å². The van der Waals surface area contributed by atoms with Crippen LogP contribution in [0.2, 0.25) is 0 Å². The van der Waals surface area contributed by atoms with Gasteiger partial charge >= 0.3 is 0 Å². The molecule has 3 N–H and O–H groups in total. The molecule has 0 aliphatic rings. The van der Waals surface area contributed by atoms with E-state index < -0.39 is 10.0 Å². The number of unbranched alkanes of at least 4 members (excludes halogenated alkanes) is 2. The topological polar surface area (TPSA) is 82.6 Å². The minimum absolute atomic E-state index is 0.392. The SMILES string of the molecule is CCCCCC(C)NC(=NCCCNS(C)(=O)=O)NCC. The lowest BCUT2D eigenvalue weighted by Gasteiger charge is -2.17. The fraction of sp³-hybridized carbons (Fsp3) is 0.929. The van der Waals surface area contributed by atoms with Crippen molar-refractivity contribution >= 4 is 16.0 Å². The first-order valence-electron chi connectivity index (χ1n) is 7.88. The Kier molecular flexibility index (Phi) is 11.3. The molecule has 0 bridgehead atoms. The summed E-state index contributed by atoms with van der Waals surface area (Å²) < 4.78 is 24.3. The van der Waals surface area contributed by atoms with Crippen molar-refractivity contribution in [2.75, 3.05) is 25.9 Å². The van der Waals surface area contributed by atoms with Gasteiger partial charge in [-0.1, -0.05) is 26.2 Å². The third-order valence-corrected chi connectivity index (χ3v) is 3.67. The van der Waals surface area contributed by atoms with Gasteiger partial charge in [-0.3, -0.25) is 4.99 Å². The first kappa shape index (κ1) is 20.2. The highest BCUT2D eigenvalue weighted by Gasteiger charge is 2.04. The highest BCUT2D eigenvalue weighted by Crippen LogP contribution is 2.02. The van der Waals surface area contributed by atoms with E-state index in [0.29, 0.717) is 25.6 Å². The van der Waals surface area contributed by atoms with E-state index in [1.165, 1.54) is 25.5 Å². The molecule has 1 atom stereocenters. The molecule has 0 aromatic heterocycles. The van der Waals surface area contributed by atoms with Crippen molar-refractivity contribution in [3.63, 3.8) is 0 Å². The number of sulfonamides is 1. The van der Waals surface area contributed by atoms with Crippen molar-refractivity contribution in [1.82, 2.24) is 15.4 Å². The number of nitrogens with zero attached hydrogens (tertiary/aromatic N) is 1. The summed E-state index contributed by atoms with van der Waals surface area (Å²) in [5, 5.41) is 6.60. The van der Waals surface area contributed by atoms with Gasteiger partial charge in [-0.05, 0) is 26.7 Å². The van der Waals surface area contributed by atoms with Crippen LogP contribution in [0, 0.1) is 0 Å². The Morgan fingerprint density at radius 1 is 1.19 bits per heavy atom. The average Bonchev–Trinajstić information content (AvgIpc) is 2.37. The van der Waals surface area contributed by atoms with Crippen LogP contribution < -0.4 is 15.4 Å². The number of nitrogens with one attached hydrogen (secondary N) is 3. The molecule has 0 fully saturated rings. The molecular weight excluding hydrogens is 288 g/mol. The zero-order valence-electron chi connectivity index (χ0n) is 13.9. The van der Waals surface area contributed by atoms with Crippen molar-refractivity contribution in [2.45, 2.75) is 58.9 Å². The van der Waals surface area contributed by atoms with Gasteiger partial charge in [0.15, 0.2) is 5.96 Å². The van der Waals surface area contributed by atoms with Crippen LogP contribution in [0.15, 0.2) is 4.99 Å². The number of hydrogen-bond donors (Lipinski definition) is 3. The van der Waals surface area contributed by atoms with Crippen LogP contribution in [-0.4, -0.2) is 46.3 Å². The Morgan fingerprint density at radius 3 is 2.48 bits per heavy atom. The van der Waals surface area contributed by atoms with Crippen LogP contribution in [0.3, 0.4) is 0 Å². The van der Waals surface area contributed by atoms with Gasteiger partial charge in [-0.25, -0.2) is 13.1 Å². The second-order valence-electron chi connectivity index (χ2n) is 5.32. The molecule has 0 aliphatic carbocycles. The number of aliphatic imine (C=N–C) groups is 1. The van der Waals surface area contributed by atoms with E-state index in [-0.39, 0.29) is 0 Å². The monoisotopic (exact) mass is 320 g/mol. The largest absolute Gasteiger partial charge is 0.357 e. The maximum atomic E-state index is 10.9. The maximum Gasteiger partial charge on any atom is 0.208 e. The highest BCUT2D eigenvalue weighted by atomic mass is 32.2. The molecule has 7 heteroatoms.